The van der Waals surface area contributed by atoms with E-state index < -0.39 is 0 Å². The fourth-order valence-corrected chi connectivity index (χ4v) is 1.93. The molecule has 2 rings (SSSR count). The number of carbonyl (C=O) groups excluding carboxylic acids is 1. The minimum atomic E-state index is -0.280. The minimum Gasteiger partial charge on any atom is -0.493 e. The van der Waals surface area contributed by atoms with Gasteiger partial charge in [-0.1, -0.05) is 31.2 Å². The van der Waals surface area contributed by atoms with Crippen LogP contribution in [0.15, 0.2) is 30.3 Å². The number of methoxy groups -OCH3 is 2. The van der Waals surface area contributed by atoms with E-state index in [4.69, 9.17) is 14.2 Å². The lowest BCUT2D eigenvalue weighted by molar-refractivity contribution is -0.133. The molecule has 4 heteroatoms. The van der Waals surface area contributed by atoms with Gasteiger partial charge < -0.3 is 14.2 Å². The average molecular weight is 260 g/mol. The maximum absolute atomic E-state index is 11.5. The van der Waals surface area contributed by atoms with Crippen molar-refractivity contribution in [1.29, 1.82) is 0 Å². The van der Waals surface area contributed by atoms with Crippen molar-refractivity contribution in [2.24, 2.45) is 0 Å². The summed E-state index contributed by atoms with van der Waals surface area (Å²) in [7, 11) is 3.14. The standard InChI is InChI=1S/C15H16O4/c1-4-14(16)19-12-9-13(17-2)15(18-3)11-8-6-5-7-10(11)12/h5-9H,4H2,1-3H3. The van der Waals surface area contributed by atoms with Crippen molar-refractivity contribution in [2.75, 3.05) is 14.2 Å². The number of carbonyl (C=O) groups is 1. The quantitative estimate of drug-likeness (QED) is 0.625. The Morgan fingerprint density at radius 2 is 1.74 bits per heavy atom. The molecule has 0 fully saturated rings. The van der Waals surface area contributed by atoms with Gasteiger partial charge in [-0.3, -0.25) is 4.79 Å². The van der Waals surface area contributed by atoms with Gasteiger partial charge in [0.1, 0.15) is 5.75 Å². The normalized spacial score (nSPS) is 10.3. The fraction of sp³-hybridized carbons (Fsp3) is 0.267. The number of esters is 1. The second kappa shape index (κ2) is 5.61. The number of ether oxygens (including phenoxy) is 3. The first-order valence-corrected chi connectivity index (χ1v) is 6.05. The molecule has 0 unspecified atom stereocenters. The molecule has 0 atom stereocenters. The van der Waals surface area contributed by atoms with Crippen molar-refractivity contribution in [2.45, 2.75) is 13.3 Å². The molecule has 2 aromatic rings. The Morgan fingerprint density at radius 1 is 1.05 bits per heavy atom. The van der Waals surface area contributed by atoms with Crippen LogP contribution in [0.1, 0.15) is 13.3 Å². The summed E-state index contributed by atoms with van der Waals surface area (Å²) in [5, 5.41) is 1.67. The first kappa shape index (κ1) is 13.2. The molecular weight excluding hydrogens is 244 g/mol. The summed E-state index contributed by atoms with van der Waals surface area (Å²) < 4.78 is 16.0. The molecule has 0 aliphatic heterocycles. The summed E-state index contributed by atoms with van der Waals surface area (Å²) in [6.45, 7) is 1.76. The number of fused-ring (bicyclic) bond motifs is 1. The van der Waals surface area contributed by atoms with Crippen LogP contribution in [0.25, 0.3) is 10.8 Å². The van der Waals surface area contributed by atoms with E-state index >= 15 is 0 Å². The van der Waals surface area contributed by atoms with Gasteiger partial charge in [0.05, 0.1) is 14.2 Å². The number of rotatable bonds is 4. The Kier molecular flexibility index (Phi) is 3.90. The van der Waals surface area contributed by atoms with E-state index in [2.05, 4.69) is 0 Å². The van der Waals surface area contributed by atoms with Crippen LogP contribution in [0, 0.1) is 0 Å². The summed E-state index contributed by atoms with van der Waals surface area (Å²) >= 11 is 0. The summed E-state index contributed by atoms with van der Waals surface area (Å²) in [6.07, 6.45) is 0.322. The van der Waals surface area contributed by atoms with Crippen LogP contribution in [-0.4, -0.2) is 20.2 Å². The number of hydrogen-bond acceptors (Lipinski definition) is 4. The van der Waals surface area contributed by atoms with Gasteiger partial charge in [-0.25, -0.2) is 0 Å². The van der Waals surface area contributed by atoms with Crippen LogP contribution >= 0.6 is 0 Å². The summed E-state index contributed by atoms with van der Waals surface area (Å²) in [6, 6.07) is 9.25. The first-order valence-electron chi connectivity index (χ1n) is 6.05. The molecule has 0 bridgehead atoms. The molecule has 0 heterocycles. The van der Waals surface area contributed by atoms with Crippen molar-refractivity contribution >= 4 is 16.7 Å². The van der Waals surface area contributed by atoms with Crippen LogP contribution in [0.3, 0.4) is 0 Å². The third-order valence-corrected chi connectivity index (χ3v) is 2.86. The zero-order chi connectivity index (χ0) is 13.8. The highest BCUT2D eigenvalue weighted by molar-refractivity contribution is 5.96. The van der Waals surface area contributed by atoms with E-state index in [1.807, 2.05) is 24.3 Å². The van der Waals surface area contributed by atoms with Crippen LogP contribution in [-0.2, 0) is 4.79 Å². The van der Waals surface area contributed by atoms with E-state index in [0.29, 0.717) is 23.7 Å². The van der Waals surface area contributed by atoms with Crippen molar-refractivity contribution in [3.63, 3.8) is 0 Å². The second-order valence-corrected chi connectivity index (χ2v) is 3.98. The predicted octanol–water partition coefficient (Wildman–Crippen LogP) is 3.17. The molecule has 0 saturated heterocycles. The van der Waals surface area contributed by atoms with Crippen molar-refractivity contribution in [3.8, 4) is 17.2 Å². The molecule has 19 heavy (non-hydrogen) atoms. The van der Waals surface area contributed by atoms with E-state index in [1.165, 1.54) is 0 Å². The Balaban J connectivity index is 2.66. The molecule has 0 aliphatic carbocycles. The zero-order valence-corrected chi connectivity index (χ0v) is 11.2. The molecule has 0 aliphatic rings. The molecular formula is C15H16O4. The summed E-state index contributed by atoms with van der Waals surface area (Å²) in [4.78, 5) is 11.5. The van der Waals surface area contributed by atoms with Gasteiger partial charge in [0.2, 0.25) is 0 Å². The lowest BCUT2D eigenvalue weighted by Crippen LogP contribution is -2.06. The third-order valence-electron chi connectivity index (χ3n) is 2.86. The molecule has 0 aromatic heterocycles. The highest BCUT2D eigenvalue weighted by Gasteiger charge is 2.15. The average Bonchev–Trinajstić information content (AvgIpc) is 2.46. The van der Waals surface area contributed by atoms with Crippen molar-refractivity contribution in [1.82, 2.24) is 0 Å². The Bertz CT molecular complexity index is 604. The molecule has 0 amide bonds. The Labute approximate surface area is 111 Å². The number of hydrogen-bond donors (Lipinski definition) is 0. The maximum Gasteiger partial charge on any atom is 0.310 e. The highest BCUT2D eigenvalue weighted by Crippen LogP contribution is 2.41. The smallest absolute Gasteiger partial charge is 0.310 e. The monoisotopic (exact) mass is 260 g/mol. The Hall–Kier alpha value is -2.23. The van der Waals surface area contributed by atoms with Crippen LogP contribution in [0.4, 0.5) is 0 Å². The van der Waals surface area contributed by atoms with Crippen molar-refractivity contribution < 1.29 is 19.0 Å². The molecule has 4 nitrogen and oxygen atoms in total. The SMILES string of the molecule is CCC(=O)Oc1cc(OC)c(OC)c2ccccc12. The molecule has 100 valence electrons. The maximum atomic E-state index is 11.5. The van der Waals surface area contributed by atoms with E-state index in [1.54, 1.807) is 27.2 Å². The topological polar surface area (TPSA) is 44.8 Å². The summed E-state index contributed by atoms with van der Waals surface area (Å²) in [5.41, 5.74) is 0. The van der Waals surface area contributed by atoms with E-state index in [9.17, 15) is 4.79 Å². The van der Waals surface area contributed by atoms with Crippen LogP contribution in [0.5, 0.6) is 17.2 Å². The van der Waals surface area contributed by atoms with E-state index in [-0.39, 0.29) is 5.97 Å². The first-order chi connectivity index (χ1) is 9.21. The largest absolute Gasteiger partial charge is 0.493 e. The minimum absolute atomic E-state index is 0.280. The molecule has 2 aromatic carbocycles. The third kappa shape index (κ3) is 2.47. The highest BCUT2D eigenvalue weighted by atomic mass is 16.5. The predicted molar refractivity (Wildman–Crippen MR) is 73.0 cm³/mol. The van der Waals surface area contributed by atoms with Gasteiger partial charge in [-0.2, -0.15) is 0 Å². The van der Waals surface area contributed by atoms with Gasteiger partial charge >= 0.3 is 5.97 Å². The van der Waals surface area contributed by atoms with Crippen LogP contribution < -0.4 is 14.2 Å². The van der Waals surface area contributed by atoms with Crippen molar-refractivity contribution in [3.05, 3.63) is 30.3 Å². The van der Waals surface area contributed by atoms with Gasteiger partial charge in [0, 0.05) is 23.3 Å². The van der Waals surface area contributed by atoms with E-state index in [0.717, 1.165) is 10.8 Å². The molecule has 0 N–H and O–H groups in total. The summed E-state index contributed by atoms with van der Waals surface area (Å²) in [5.74, 6) is 1.38. The van der Waals surface area contributed by atoms with Crippen LogP contribution in [0.2, 0.25) is 0 Å². The molecule has 0 spiro atoms. The zero-order valence-electron chi connectivity index (χ0n) is 11.2. The van der Waals surface area contributed by atoms with Gasteiger partial charge in [0.25, 0.3) is 0 Å². The molecule has 0 saturated carbocycles. The van der Waals surface area contributed by atoms with Gasteiger partial charge in [-0.05, 0) is 0 Å². The van der Waals surface area contributed by atoms with Gasteiger partial charge in [-0.15, -0.1) is 0 Å². The molecule has 0 radical (unpaired) electrons. The second-order valence-electron chi connectivity index (χ2n) is 3.98. The lowest BCUT2D eigenvalue weighted by Gasteiger charge is -2.14. The fourth-order valence-electron chi connectivity index (χ4n) is 1.93. The Morgan fingerprint density at radius 3 is 2.32 bits per heavy atom. The lowest BCUT2D eigenvalue weighted by atomic mass is 10.1. The van der Waals surface area contributed by atoms with Gasteiger partial charge in [0.15, 0.2) is 11.5 Å². The number of benzene rings is 2.